The van der Waals surface area contributed by atoms with Crippen LogP contribution < -0.4 is 24.4 Å². The third kappa shape index (κ3) is 4.49. The van der Waals surface area contributed by atoms with Crippen molar-refractivity contribution in [3.63, 3.8) is 0 Å². The van der Waals surface area contributed by atoms with Gasteiger partial charge in [-0.1, -0.05) is 18.2 Å². The Balaban J connectivity index is 1.66. The maximum absolute atomic E-state index is 12.3. The first-order chi connectivity index (χ1) is 13.1. The fourth-order valence-corrected chi connectivity index (χ4v) is 2.54. The molecule has 0 unspecified atom stereocenters. The first-order valence-corrected chi connectivity index (χ1v) is 8.63. The average Bonchev–Trinajstić information content (AvgIpc) is 2.68. The molecule has 0 radical (unpaired) electrons. The molecule has 0 aromatic heterocycles. The summed E-state index contributed by atoms with van der Waals surface area (Å²) in [7, 11) is 1.57. The van der Waals surface area contributed by atoms with Crippen LogP contribution in [0.4, 0.5) is 0 Å². The second kappa shape index (κ2) is 8.44. The van der Waals surface area contributed by atoms with E-state index in [-0.39, 0.29) is 12.7 Å². The molecular weight excluding hydrogens is 348 g/mol. The van der Waals surface area contributed by atoms with Crippen molar-refractivity contribution >= 4 is 12.1 Å². The number of carbonyl (C=O) groups is 1. The molecular formula is C20H22N2O5. The monoisotopic (exact) mass is 370 g/mol. The summed E-state index contributed by atoms with van der Waals surface area (Å²) in [5.74, 6) is 1.93. The van der Waals surface area contributed by atoms with Crippen molar-refractivity contribution in [2.24, 2.45) is 5.10 Å². The van der Waals surface area contributed by atoms with Gasteiger partial charge in [0.25, 0.3) is 5.91 Å². The number of nitrogens with one attached hydrogen (secondary N) is 1. The largest absolute Gasteiger partial charge is 0.493 e. The van der Waals surface area contributed by atoms with Gasteiger partial charge < -0.3 is 18.9 Å². The number of carbonyl (C=O) groups excluding carboxylic acids is 1. The molecule has 0 saturated heterocycles. The van der Waals surface area contributed by atoms with Gasteiger partial charge in [-0.3, -0.25) is 4.79 Å². The molecule has 1 N–H and O–H groups in total. The van der Waals surface area contributed by atoms with Crippen LogP contribution in [0.15, 0.2) is 47.6 Å². The quantitative estimate of drug-likeness (QED) is 0.625. The average molecular weight is 370 g/mol. The molecule has 1 atom stereocenters. The van der Waals surface area contributed by atoms with Crippen LogP contribution >= 0.6 is 0 Å². The van der Waals surface area contributed by atoms with E-state index < -0.39 is 12.0 Å². The Kier molecular flexibility index (Phi) is 5.80. The maximum atomic E-state index is 12.3. The van der Waals surface area contributed by atoms with Crippen molar-refractivity contribution in [2.75, 3.05) is 13.7 Å². The van der Waals surface area contributed by atoms with E-state index >= 15 is 0 Å². The molecule has 1 aliphatic heterocycles. The number of fused-ring (bicyclic) bond motifs is 1. The van der Waals surface area contributed by atoms with Crippen LogP contribution in [0.2, 0.25) is 0 Å². The van der Waals surface area contributed by atoms with Gasteiger partial charge in [-0.05, 0) is 38.1 Å². The number of rotatable bonds is 6. The van der Waals surface area contributed by atoms with Crippen LogP contribution in [0.3, 0.4) is 0 Å². The molecule has 7 nitrogen and oxygen atoms in total. The predicted molar refractivity (Wildman–Crippen MR) is 101 cm³/mol. The van der Waals surface area contributed by atoms with Gasteiger partial charge in [-0.25, -0.2) is 5.43 Å². The Morgan fingerprint density at radius 2 is 2.00 bits per heavy atom. The van der Waals surface area contributed by atoms with Gasteiger partial charge in [0.2, 0.25) is 6.10 Å². The lowest BCUT2D eigenvalue weighted by atomic mass is 10.2. The highest BCUT2D eigenvalue weighted by atomic mass is 16.6. The van der Waals surface area contributed by atoms with Gasteiger partial charge in [0, 0.05) is 5.56 Å². The summed E-state index contributed by atoms with van der Waals surface area (Å²) in [6, 6.07) is 12.7. The lowest BCUT2D eigenvalue weighted by Crippen LogP contribution is -2.42. The summed E-state index contributed by atoms with van der Waals surface area (Å²) in [6.07, 6.45) is 0.708. The van der Waals surface area contributed by atoms with Gasteiger partial charge >= 0.3 is 0 Å². The van der Waals surface area contributed by atoms with Gasteiger partial charge in [0.1, 0.15) is 6.61 Å². The summed E-state index contributed by atoms with van der Waals surface area (Å²) in [4.78, 5) is 12.3. The Morgan fingerprint density at radius 1 is 1.22 bits per heavy atom. The normalized spacial score (nSPS) is 15.6. The molecule has 0 bridgehead atoms. The molecule has 0 aliphatic carbocycles. The van der Waals surface area contributed by atoms with E-state index in [0.29, 0.717) is 28.6 Å². The minimum absolute atomic E-state index is 0.0316. The Labute approximate surface area is 157 Å². The Bertz CT molecular complexity index is 835. The third-order valence-electron chi connectivity index (χ3n) is 3.76. The number of para-hydroxylation sites is 3. The molecule has 1 amide bonds. The number of methoxy groups -OCH3 is 1. The molecule has 1 aliphatic rings. The maximum Gasteiger partial charge on any atom is 0.284 e. The van der Waals surface area contributed by atoms with Crippen LogP contribution in [0.25, 0.3) is 0 Å². The number of amides is 1. The second-order valence-corrected chi connectivity index (χ2v) is 6.14. The first kappa shape index (κ1) is 18.6. The van der Waals surface area contributed by atoms with Crippen molar-refractivity contribution in [3.8, 4) is 23.0 Å². The molecule has 3 rings (SSSR count). The molecule has 142 valence electrons. The number of hydrogen-bond donors (Lipinski definition) is 1. The van der Waals surface area contributed by atoms with Crippen LogP contribution in [0.5, 0.6) is 23.0 Å². The second-order valence-electron chi connectivity index (χ2n) is 6.14. The summed E-state index contributed by atoms with van der Waals surface area (Å²) in [5.41, 5.74) is 3.17. The number of hydrazone groups is 1. The van der Waals surface area contributed by atoms with Crippen molar-refractivity contribution in [3.05, 3.63) is 48.0 Å². The van der Waals surface area contributed by atoms with E-state index in [2.05, 4.69) is 10.5 Å². The zero-order valence-electron chi connectivity index (χ0n) is 15.5. The predicted octanol–water partition coefficient (Wildman–Crippen LogP) is 2.77. The summed E-state index contributed by atoms with van der Waals surface area (Å²) in [5, 5.41) is 4.02. The Morgan fingerprint density at radius 3 is 2.74 bits per heavy atom. The summed E-state index contributed by atoms with van der Waals surface area (Å²) in [6.45, 7) is 3.97. The fourth-order valence-electron chi connectivity index (χ4n) is 2.54. The highest BCUT2D eigenvalue weighted by molar-refractivity contribution is 5.87. The van der Waals surface area contributed by atoms with Gasteiger partial charge in [0.05, 0.1) is 19.4 Å². The van der Waals surface area contributed by atoms with Crippen molar-refractivity contribution in [1.82, 2.24) is 5.43 Å². The molecule has 7 heteroatoms. The van der Waals surface area contributed by atoms with Crippen LogP contribution in [0.1, 0.15) is 19.4 Å². The lowest BCUT2D eigenvalue weighted by molar-refractivity contribution is -0.130. The minimum atomic E-state index is -0.770. The standard InChI is InChI=1S/C20H22N2O5/c1-13(2)26-19-14(7-6-10-17(19)24-3)11-21-22-20(23)18-12-25-15-8-4-5-9-16(15)27-18/h4-11,13,18H,12H2,1-3H3,(H,22,23)/b21-11-/t18-/m1/s1. The zero-order chi connectivity index (χ0) is 19.2. The highest BCUT2D eigenvalue weighted by Crippen LogP contribution is 2.32. The van der Waals surface area contributed by atoms with Crippen LogP contribution in [-0.2, 0) is 4.79 Å². The number of benzene rings is 2. The number of nitrogens with zero attached hydrogens (tertiary/aromatic N) is 1. The van der Waals surface area contributed by atoms with Gasteiger partial charge in [-0.2, -0.15) is 5.10 Å². The number of hydrogen-bond acceptors (Lipinski definition) is 6. The minimum Gasteiger partial charge on any atom is -0.493 e. The van der Waals surface area contributed by atoms with E-state index in [1.54, 1.807) is 25.3 Å². The highest BCUT2D eigenvalue weighted by Gasteiger charge is 2.27. The van der Waals surface area contributed by atoms with Gasteiger partial charge in [-0.15, -0.1) is 0 Å². The van der Waals surface area contributed by atoms with Crippen molar-refractivity contribution in [1.29, 1.82) is 0 Å². The first-order valence-electron chi connectivity index (χ1n) is 8.63. The van der Waals surface area contributed by atoms with E-state index in [0.717, 1.165) is 0 Å². The van der Waals surface area contributed by atoms with E-state index in [9.17, 15) is 4.79 Å². The lowest BCUT2D eigenvalue weighted by Gasteiger charge is -2.24. The van der Waals surface area contributed by atoms with E-state index in [4.69, 9.17) is 18.9 Å². The van der Waals surface area contributed by atoms with Gasteiger partial charge in [0.15, 0.2) is 23.0 Å². The number of ether oxygens (including phenoxy) is 4. The van der Waals surface area contributed by atoms with Crippen molar-refractivity contribution < 1.29 is 23.7 Å². The third-order valence-corrected chi connectivity index (χ3v) is 3.76. The molecule has 0 saturated carbocycles. The molecule has 27 heavy (non-hydrogen) atoms. The molecule has 0 spiro atoms. The smallest absolute Gasteiger partial charge is 0.284 e. The topological polar surface area (TPSA) is 78.4 Å². The molecule has 2 aromatic rings. The van der Waals surface area contributed by atoms with Crippen LogP contribution in [-0.4, -0.2) is 38.0 Å². The summed E-state index contributed by atoms with van der Waals surface area (Å²) >= 11 is 0. The zero-order valence-corrected chi connectivity index (χ0v) is 15.5. The SMILES string of the molecule is COc1cccc(/C=N\NC(=O)[C@H]2COc3ccccc3O2)c1OC(C)C. The molecule has 1 heterocycles. The van der Waals surface area contributed by atoms with Crippen LogP contribution in [0, 0.1) is 0 Å². The summed E-state index contributed by atoms with van der Waals surface area (Å²) < 4.78 is 22.3. The fraction of sp³-hybridized carbons (Fsp3) is 0.300. The molecule has 2 aromatic carbocycles. The van der Waals surface area contributed by atoms with E-state index in [1.807, 2.05) is 38.1 Å². The molecule has 0 fully saturated rings. The van der Waals surface area contributed by atoms with E-state index in [1.165, 1.54) is 6.21 Å². The van der Waals surface area contributed by atoms with Crippen molar-refractivity contribution in [2.45, 2.75) is 26.1 Å². The Hall–Kier alpha value is -3.22.